The number of nitrogens with zero attached hydrogens (tertiary/aromatic N) is 4. The molecule has 94 valence electrons. The summed E-state index contributed by atoms with van der Waals surface area (Å²) in [4.78, 5) is 8.80. The fourth-order valence-electron chi connectivity index (χ4n) is 2.26. The first-order valence-electron chi connectivity index (χ1n) is 6.18. The Morgan fingerprint density at radius 1 is 1.56 bits per heavy atom. The van der Waals surface area contributed by atoms with Crippen LogP contribution in [0, 0.1) is 6.92 Å². The molecule has 0 bridgehead atoms. The second-order valence-electron chi connectivity index (χ2n) is 4.71. The normalized spacial score (nSPS) is 14.9. The summed E-state index contributed by atoms with van der Waals surface area (Å²) < 4.78 is 4.14. The first-order valence-corrected chi connectivity index (χ1v) is 6.18. The summed E-state index contributed by atoms with van der Waals surface area (Å²) in [6.45, 7) is 6.39. The molecule has 2 N–H and O–H groups in total. The Bertz CT molecular complexity index is 589. The van der Waals surface area contributed by atoms with E-state index in [2.05, 4.69) is 21.1 Å². The van der Waals surface area contributed by atoms with Gasteiger partial charge in [-0.1, -0.05) is 6.08 Å². The molecule has 0 radical (unpaired) electrons. The van der Waals surface area contributed by atoms with Gasteiger partial charge in [0, 0.05) is 12.6 Å². The average molecular weight is 243 g/mol. The van der Waals surface area contributed by atoms with Crippen LogP contribution in [-0.2, 0) is 6.54 Å². The zero-order valence-electron chi connectivity index (χ0n) is 10.5. The summed E-state index contributed by atoms with van der Waals surface area (Å²) in [7, 11) is 0. The minimum Gasteiger partial charge on any atom is -0.383 e. The van der Waals surface area contributed by atoms with Crippen LogP contribution < -0.4 is 5.73 Å². The van der Waals surface area contributed by atoms with E-state index in [-0.39, 0.29) is 0 Å². The van der Waals surface area contributed by atoms with Crippen molar-refractivity contribution in [2.75, 3.05) is 5.73 Å². The second-order valence-corrected chi connectivity index (χ2v) is 4.71. The molecule has 0 spiro atoms. The Kier molecular flexibility index (Phi) is 2.47. The monoisotopic (exact) mass is 243 g/mol. The number of aryl methyl sites for hydroxylation is 1. The Labute approximate surface area is 106 Å². The molecule has 0 saturated heterocycles. The van der Waals surface area contributed by atoms with Crippen LogP contribution in [0.1, 0.15) is 24.7 Å². The van der Waals surface area contributed by atoms with Gasteiger partial charge in [-0.05, 0) is 19.8 Å². The Morgan fingerprint density at radius 3 is 3.00 bits per heavy atom. The van der Waals surface area contributed by atoms with Crippen molar-refractivity contribution in [2.24, 2.45) is 0 Å². The quantitative estimate of drug-likeness (QED) is 0.837. The van der Waals surface area contributed by atoms with Crippen LogP contribution in [0.15, 0.2) is 25.2 Å². The van der Waals surface area contributed by atoms with Crippen LogP contribution in [-0.4, -0.2) is 19.1 Å². The van der Waals surface area contributed by atoms with Crippen LogP contribution in [0.2, 0.25) is 0 Å². The van der Waals surface area contributed by atoms with Gasteiger partial charge in [-0.2, -0.15) is 0 Å². The van der Waals surface area contributed by atoms with Gasteiger partial charge in [0.05, 0.1) is 18.2 Å². The van der Waals surface area contributed by atoms with E-state index in [9.17, 15) is 0 Å². The third-order valence-electron chi connectivity index (χ3n) is 3.36. The summed E-state index contributed by atoms with van der Waals surface area (Å²) in [6, 6.07) is 0.576. The van der Waals surface area contributed by atoms with E-state index in [0.717, 1.165) is 17.2 Å². The van der Waals surface area contributed by atoms with E-state index >= 15 is 0 Å². The van der Waals surface area contributed by atoms with Gasteiger partial charge in [-0.3, -0.25) is 0 Å². The zero-order valence-corrected chi connectivity index (χ0v) is 10.5. The molecule has 2 aromatic heterocycles. The molecular weight excluding hydrogens is 226 g/mol. The summed E-state index contributed by atoms with van der Waals surface area (Å²) in [6.07, 6.45) is 7.97. The molecule has 0 unspecified atom stereocenters. The van der Waals surface area contributed by atoms with E-state index in [4.69, 9.17) is 5.73 Å². The van der Waals surface area contributed by atoms with Gasteiger partial charge >= 0.3 is 0 Å². The van der Waals surface area contributed by atoms with Gasteiger partial charge < -0.3 is 14.9 Å². The molecule has 18 heavy (non-hydrogen) atoms. The van der Waals surface area contributed by atoms with Gasteiger partial charge in [0.25, 0.3) is 0 Å². The standard InChI is InChI=1S/C13H17N5/c1-3-6-17-9(2)16-12(13(17)14)11-7-15-8-18(11)10-4-5-10/h3,7-8,10H,1,4-6,14H2,2H3. The molecule has 0 aromatic carbocycles. The van der Waals surface area contributed by atoms with Gasteiger partial charge in [-0.15, -0.1) is 6.58 Å². The van der Waals surface area contributed by atoms with E-state index in [1.807, 2.05) is 30.1 Å². The molecule has 1 aliphatic carbocycles. The van der Waals surface area contributed by atoms with Gasteiger partial charge in [0.2, 0.25) is 0 Å². The summed E-state index contributed by atoms with van der Waals surface area (Å²) in [5.41, 5.74) is 8.03. The molecule has 3 rings (SSSR count). The number of hydrogen-bond acceptors (Lipinski definition) is 3. The average Bonchev–Trinajstić information content (AvgIpc) is 3.03. The molecule has 1 fully saturated rings. The molecule has 5 nitrogen and oxygen atoms in total. The predicted octanol–water partition coefficient (Wildman–Crippen LogP) is 2.16. The molecule has 1 saturated carbocycles. The number of imidazole rings is 2. The Balaban J connectivity index is 2.08. The first-order chi connectivity index (χ1) is 8.72. The van der Waals surface area contributed by atoms with Crippen molar-refractivity contribution in [3.05, 3.63) is 31.0 Å². The lowest BCUT2D eigenvalue weighted by Crippen LogP contribution is -2.04. The van der Waals surface area contributed by atoms with Crippen molar-refractivity contribution in [3.8, 4) is 11.4 Å². The first kappa shape index (κ1) is 11.1. The van der Waals surface area contributed by atoms with Crippen LogP contribution in [0.4, 0.5) is 5.82 Å². The minimum absolute atomic E-state index is 0.576. The maximum absolute atomic E-state index is 6.18. The third kappa shape index (κ3) is 1.63. The number of rotatable bonds is 4. The lowest BCUT2D eigenvalue weighted by atomic mass is 10.3. The van der Waals surface area contributed by atoms with Crippen LogP contribution >= 0.6 is 0 Å². The van der Waals surface area contributed by atoms with Gasteiger partial charge in [0.1, 0.15) is 17.3 Å². The van der Waals surface area contributed by atoms with Gasteiger partial charge in [0.15, 0.2) is 0 Å². The Morgan fingerprint density at radius 2 is 2.33 bits per heavy atom. The number of allylic oxidation sites excluding steroid dienone is 1. The molecule has 2 aromatic rings. The molecular formula is C13H17N5. The lowest BCUT2D eigenvalue weighted by molar-refractivity contribution is 0.746. The van der Waals surface area contributed by atoms with E-state index in [1.165, 1.54) is 12.8 Å². The number of anilines is 1. The van der Waals surface area contributed by atoms with Crippen molar-refractivity contribution in [2.45, 2.75) is 32.4 Å². The van der Waals surface area contributed by atoms with Crippen LogP contribution in [0.25, 0.3) is 11.4 Å². The van der Waals surface area contributed by atoms with Crippen LogP contribution in [0.5, 0.6) is 0 Å². The molecule has 0 atom stereocenters. The predicted molar refractivity (Wildman–Crippen MR) is 71.1 cm³/mol. The highest BCUT2D eigenvalue weighted by atomic mass is 15.2. The fraction of sp³-hybridized carbons (Fsp3) is 0.385. The number of hydrogen-bond donors (Lipinski definition) is 1. The molecule has 5 heteroatoms. The highest BCUT2D eigenvalue weighted by Crippen LogP contribution is 2.39. The second kappa shape index (κ2) is 4.01. The van der Waals surface area contributed by atoms with Crippen molar-refractivity contribution < 1.29 is 0 Å². The topological polar surface area (TPSA) is 61.7 Å². The maximum Gasteiger partial charge on any atom is 0.133 e. The van der Waals surface area contributed by atoms with Crippen molar-refractivity contribution in [1.29, 1.82) is 0 Å². The van der Waals surface area contributed by atoms with E-state index < -0.39 is 0 Å². The summed E-state index contributed by atoms with van der Waals surface area (Å²) in [5.74, 6) is 1.60. The third-order valence-corrected chi connectivity index (χ3v) is 3.36. The number of aromatic nitrogens is 4. The van der Waals surface area contributed by atoms with Crippen molar-refractivity contribution in [3.63, 3.8) is 0 Å². The van der Waals surface area contributed by atoms with E-state index in [0.29, 0.717) is 18.4 Å². The van der Waals surface area contributed by atoms with Gasteiger partial charge in [-0.25, -0.2) is 9.97 Å². The summed E-state index contributed by atoms with van der Waals surface area (Å²) >= 11 is 0. The lowest BCUT2D eigenvalue weighted by Gasteiger charge is -2.06. The highest BCUT2D eigenvalue weighted by molar-refractivity contribution is 5.68. The largest absolute Gasteiger partial charge is 0.383 e. The van der Waals surface area contributed by atoms with Crippen molar-refractivity contribution >= 4 is 5.82 Å². The highest BCUT2D eigenvalue weighted by Gasteiger charge is 2.27. The van der Waals surface area contributed by atoms with Crippen molar-refractivity contribution in [1.82, 2.24) is 19.1 Å². The minimum atomic E-state index is 0.576. The smallest absolute Gasteiger partial charge is 0.133 e. The summed E-state index contributed by atoms with van der Waals surface area (Å²) in [5, 5.41) is 0. The number of nitrogens with two attached hydrogens (primary N) is 1. The van der Waals surface area contributed by atoms with E-state index in [1.54, 1.807) is 0 Å². The Hall–Kier alpha value is -2.04. The molecule has 0 aliphatic heterocycles. The van der Waals surface area contributed by atoms with Crippen LogP contribution in [0.3, 0.4) is 0 Å². The zero-order chi connectivity index (χ0) is 12.7. The fourth-order valence-corrected chi connectivity index (χ4v) is 2.26. The number of nitrogen functional groups attached to an aromatic ring is 1. The molecule has 2 heterocycles. The SMILES string of the molecule is C=CCn1c(C)nc(-c2cncn2C2CC2)c1N. The molecule has 1 aliphatic rings. The molecule has 0 amide bonds. The maximum atomic E-state index is 6.18.